The highest BCUT2D eigenvalue weighted by atomic mass is 16.5. The first-order chi connectivity index (χ1) is 13.4. The van der Waals surface area contributed by atoms with E-state index in [-0.39, 0.29) is 43.4 Å². The summed E-state index contributed by atoms with van der Waals surface area (Å²) >= 11 is 0. The molecule has 1 aliphatic heterocycles. The number of aromatic nitrogens is 2. The van der Waals surface area contributed by atoms with Crippen LogP contribution >= 0.6 is 0 Å². The van der Waals surface area contributed by atoms with E-state index in [1.54, 1.807) is 4.90 Å². The van der Waals surface area contributed by atoms with Gasteiger partial charge in [0.15, 0.2) is 5.69 Å². The molecule has 156 valence electrons. The average molecular weight is 395 g/mol. The number of hydrogen-bond donors (Lipinski definition) is 2. The van der Waals surface area contributed by atoms with Crippen molar-refractivity contribution in [1.29, 1.82) is 0 Å². The summed E-state index contributed by atoms with van der Waals surface area (Å²) in [6.07, 6.45) is 2.60. The number of nitrogens with zero attached hydrogens (tertiary/aromatic N) is 3. The molecule has 0 unspecified atom stereocenters. The van der Waals surface area contributed by atoms with Crippen LogP contribution in [0, 0.1) is 0 Å². The number of anilines is 2. The number of nitrogen functional groups attached to an aromatic ring is 1. The summed E-state index contributed by atoms with van der Waals surface area (Å²) in [4.78, 5) is 54.7. The van der Waals surface area contributed by atoms with Gasteiger partial charge in [-0.25, -0.2) is 4.79 Å². The second kappa shape index (κ2) is 10.1. The molecule has 1 fully saturated rings. The highest BCUT2D eigenvalue weighted by Crippen LogP contribution is 2.19. The molecule has 2 rings (SSSR count). The van der Waals surface area contributed by atoms with Crippen LogP contribution in [0.3, 0.4) is 0 Å². The SMILES string of the molecule is CCCn1c(N)c(N(CCOC)C(=O)CCC(=O)N2CCCC2)c(=O)[nH]c1=O. The smallest absolute Gasteiger partial charge is 0.330 e. The lowest BCUT2D eigenvalue weighted by Gasteiger charge is -2.24. The maximum Gasteiger partial charge on any atom is 0.330 e. The first kappa shape index (κ1) is 21.7. The predicted molar refractivity (Wildman–Crippen MR) is 105 cm³/mol. The second-order valence-electron chi connectivity index (χ2n) is 6.77. The number of hydrogen-bond acceptors (Lipinski definition) is 6. The van der Waals surface area contributed by atoms with Crippen molar-refractivity contribution in [3.05, 3.63) is 20.8 Å². The van der Waals surface area contributed by atoms with Crippen LogP contribution in [0.5, 0.6) is 0 Å². The average Bonchev–Trinajstić information content (AvgIpc) is 3.20. The van der Waals surface area contributed by atoms with Crippen LogP contribution in [0.4, 0.5) is 11.5 Å². The first-order valence-corrected chi connectivity index (χ1v) is 9.60. The third-order valence-electron chi connectivity index (χ3n) is 4.76. The summed E-state index contributed by atoms with van der Waals surface area (Å²) in [5, 5.41) is 0. The van der Waals surface area contributed by atoms with E-state index in [9.17, 15) is 19.2 Å². The number of H-pyrrole nitrogens is 1. The molecular formula is C18H29N5O5. The first-order valence-electron chi connectivity index (χ1n) is 9.60. The van der Waals surface area contributed by atoms with Gasteiger partial charge in [-0.15, -0.1) is 0 Å². The lowest BCUT2D eigenvalue weighted by atomic mass is 10.2. The lowest BCUT2D eigenvalue weighted by Crippen LogP contribution is -2.43. The maximum atomic E-state index is 12.8. The van der Waals surface area contributed by atoms with Crippen molar-refractivity contribution in [2.24, 2.45) is 0 Å². The Kier molecular flexibility index (Phi) is 7.80. The highest BCUT2D eigenvalue weighted by molar-refractivity contribution is 5.97. The van der Waals surface area contributed by atoms with Crippen LogP contribution in [0.2, 0.25) is 0 Å². The van der Waals surface area contributed by atoms with E-state index in [1.807, 2.05) is 6.92 Å². The number of aromatic amines is 1. The van der Waals surface area contributed by atoms with Crippen LogP contribution in [-0.2, 0) is 20.9 Å². The molecule has 2 heterocycles. The molecule has 10 heteroatoms. The number of amides is 2. The van der Waals surface area contributed by atoms with Crippen molar-refractivity contribution >= 4 is 23.3 Å². The van der Waals surface area contributed by atoms with Gasteiger partial charge in [-0.3, -0.25) is 23.9 Å². The topological polar surface area (TPSA) is 131 Å². The van der Waals surface area contributed by atoms with Crippen molar-refractivity contribution in [2.45, 2.75) is 45.6 Å². The molecule has 0 aromatic carbocycles. The van der Waals surface area contributed by atoms with Crippen LogP contribution < -0.4 is 21.9 Å². The number of methoxy groups -OCH3 is 1. The quantitative estimate of drug-likeness (QED) is 0.601. The number of carbonyl (C=O) groups excluding carboxylic acids is 2. The fourth-order valence-corrected chi connectivity index (χ4v) is 3.30. The van der Waals surface area contributed by atoms with Gasteiger partial charge >= 0.3 is 5.69 Å². The molecular weight excluding hydrogens is 366 g/mol. The van der Waals surface area contributed by atoms with E-state index < -0.39 is 17.2 Å². The number of nitrogens with two attached hydrogens (primary N) is 1. The Morgan fingerprint density at radius 1 is 1.21 bits per heavy atom. The molecule has 0 saturated carbocycles. The van der Waals surface area contributed by atoms with Gasteiger partial charge in [0.2, 0.25) is 11.8 Å². The Bertz CT molecular complexity index is 810. The lowest BCUT2D eigenvalue weighted by molar-refractivity contribution is -0.132. The van der Waals surface area contributed by atoms with Crippen molar-refractivity contribution in [3.8, 4) is 0 Å². The summed E-state index contributed by atoms with van der Waals surface area (Å²) in [7, 11) is 1.48. The summed E-state index contributed by atoms with van der Waals surface area (Å²) in [5.74, 6) is -0.551. The molecule has 0 radical (unpaired) electrons. The molecule has 0 spiro atoms. The zero-order valence-electron chi connectivity index (χ0n) is 16.5. The summed E-state index contributed by atoms with van der Waals surface area (Å²) in [6.45, 7) is 3.88. The van der Waals surface area contributed by atoms with Crippen molar-refractivity contribution < 1.29 is 14.3 Å². The van der Waals surface area contributed by atoms with Crippen molar-refractivity contribution in [3.63, 3.8) is 0 Å². The monoisotopic (exact) mass is 395 g/mol. The fourth-order valence-electron chi connectivity index (χ4n) is 3.30. The van der Waals surface area contributed by atoms with Crippen LogP contribution in [0.25, 0.3) is 0 Å². The van der Waals surface area contributed by atoms with E-state index in [0.29, 0.717) is 13.0 Å². The molecule has 0 bridgehead atoms. The third-order valence-corrected chi connectivity index (χ3v) is 4.76. The van der Waals surface area contributed by atoms with Gasteiger partial charge in [0.1, 0.15) is 5.82 Å². The Morgan fingerprint density at radius 3 is 2.50 bits per heavy atom. The number of carbonyl (C=O) groups is 2. The van der Waals surface area contributed by atoms with Gasteiger partial charge in [-0.05, 0) is 19.3 Å². The van der Waals surface area contributed by atoms with Crippen molar-refractivity contribution in [1.82, 2.24) is 14.5 Å². The minimum absolute atomic E-state index is 0.0508. The van der Waals surface area contributed by atoms with Gasteiger partial charge in [-0.1, -0.05) is 6.92 Å². The summed E-state index contributed by atoms with van der Waals surface area (Å²) in [5.41, 5.74) is 4.64. The van der Waals surface area contributed by atoms with Crippen LogP contribution in [0.1, 0.15) is 39.0 Å². The zero-order chi connectivity index (χ0) is 20.7. The Balaban J connectivity index is 2.26. The molecule has 28 heavy (non-hydrogen) atoms. The maximum absolute atomic E-state index is 12.8. The van der Waals surface area contributed by atoms with Crippen LogP contribution in [-0.4, -0.2) is 59.6 Å². The summed E-state index contributed by atoms with van der Waals surface area (Å²) < 4.78 is 6.28. The second-order valence-corrected chi connectivity index (χ2v) is 6.77. The highest BCUT2D eigenvalue weighted by Gasteiger charge is 2.25. The largest absolute Gasteiger partial charge is 0.383 e. The van der Waals surface area contributed by atoms with E-state index in [4.69, 9.17) is 10.5 Å². The molecule has 2 amide bonds. The number of rotatable bonds is 9. The Morgan fingerprint density at radius 2 is 1.89 bits per heavy atom. The van der Waals surface area contributed by atoms with Gasteiger partial charge in [-0.2, -0.15) is 0 Å². The summed E-state index contributed by atoms with van der Waals surface area (Å²) in [6, 6.07) is 0. The molecule has 1 aromatic rings. The number of ether oxygens (including phenoxy) is 1. The molecule has 1 saturated heterocycles. The fraction of sp³-hybridized carbons (Fsp3) is 0.667. The molecule has 1 aromatic heterocycles. The molecule has 0 atom stereocenters. The van der Waals surface area contributed by atoms with Gasteiger partial charge in [0.25, 0.3) is 5.56 Å². The third kappa shape index (κ3) is 5.00. The van der Waals surface area contributed by atoms with Crippen molar-refractivity contribution in [2.75, 3.05) is 44.0 Å². The Labute approximate surface area is 163 Å². The van der Waals surface area contributed by atoms with E-state index in [1.165, 1.54) is 16.6 Å². The zero-order valence-corrected chi connectivity index (χ0v) is 16.5. The van der Waals surface area contributed by atoms with Gasteiger partial charge in [0, 0.05) is 46.1 Å². The number of nitrogens with one attached hydrogen (secondary N) is 1. The molecule has 10 nitrogen and oxygen atoms in total. The van der Waals surface area contributed by atoms with Gasteiger partial charge < -0.3 is 20.3 Å². The Hall–Kier alpha value is -2.62. The van der Waals surface area contributed by atoms with E-state index in [0.717, 1.165) is 25.9 Å². The minimum Gasteiger partial charge on any atom is -0.383 e. The van der Waals surface area contributed by atoms with E-state index >= 15 is 0 Å². The standard InChI is InChI=1S/C18H29N5O5/c1-3-8-23-16(19)15(17(26)20-18(23)27)22(11-12-28-2)14(25)7-6-13(24)21-9-4-5-10-21/h3-12,19H2,1-2H3,(H,20,26,27). The normalized spacial score (nSPS) is 13.7. The molecule has 0 aliphatic carbocycles. The molecule has 3 N–H and O–H groups in total. The van der Waals surface area contributed by atoms with Crippen LogP contribution in [0.15, 0.2) is 9.59 Å². The molecule has 1 aliphatic rings. The number of likely N-dealkylation sites (tertiary alicyclic amines) is 1. The predicted octanol–water partition coefficient (Wildman–Crippen LogP) is -0.0892. The minimum atomic E-state index is -0.731. The van der Waals surface area contributed by atoms with E-state index in [2.05, 4.69) is 4.98 Å². The van der Waals surface area contributed by atoms with Gasteiger partial charge in [0.05, 0.1) is 6.61 Å².